The van der Waals surface area contributed by atoms with Crippen LogP contribution in [0.25, 0.3) is 0 Å². The van der Waals surface area contributed by atoms with Gasteiger partial charge in [0.1, 0.15) is 5.82 Å². The Hall–Kier alpha value is -3.11. The molecule has 2 amide bonds. The minimum absolute atomic E-state index is 0.363. The van der Waals surface area contributed by atoms with Crippen molar-refractivity contribution in [3.8, 4) is 0 Å². The smallest absolute Gasteiger partial charge is 0.314 e. The van der Waals surface area contributed by atoms with Crippen molar-refractivity contribution < 1.29 is 4.79 Å². The van der Waals surface area contributed by atoms with Crippen LogP contribution in [0.2, 0.25) is 0 Å². The predicted octanol–water partition coefficient (Wildman–Crippen LogP) is 1.64. The van der Waals surface area contributed by atoms with Crippen LogP contribution in [-0.2, 0) is 0 Å². The maximum atomic E-state index is 11.4. The van der Waals surface area contributed by atoms with Gasteiger partial charge in [0.2, 0.25) is 5.95 Å². The van der Waals surface area contributed by atoms with E-state index in [1.54, 1.807) is 11.1 Å². The van der Waals surface area contributed by atoms with Crippen LogP contribution < -0.4 is 20.9 Å². The van der Waals surface area contributed by atoms with Crippen molar-refractivity contribution in [2.75, 3.05) is 87.6 Å². The molecule has 0 saturated carbocycles. The van der Waals surface area contributed by atoms with Crippen molar-refractivity contribution in [1.29, 1.82) is 0 Å². The van der Waals surface area contributed by atoms with Gasteiger partial charge in [0, 0.05) is 89.1 Å². The highest BCUT2D eigenvalue weighted by Crippen LogP contribution is 2.26. The third kappa shape index (κ3) is 5.76. The minimum Gasteiger partial charge on any atom is -0.371 e. The third-order valence-electron chi connectivity index (χ3n) is 7.56. The van der Waals surface area contributed by atoms with Gasteiger partial charge in [-0.3, -0.25) is 4.90 Å². The largest absolute Gasteiger partial charge is 0.371 e. The van der Waals surface area contributed by atoms with E-state index in [4.69, 9.17) is 5.73 Å². The monoisotopic (exact) mass is 479 g/mol. The molecule has 2 aromatic rings. The molecule has 3 N–H and O–H groups in total. The second-order valence-electron chi connectivity index (χ2n) is 9.78. The van der Waals surface area contributed by atoms with Crippen LogP contribution in [0.5, 0.6) is 0 Å². The summed E-state index contributed by atoms with van der Waals surface area (Å²) in [7, 11) is 2.22. The highest BCUT2D eigenvalue weighted by molar-refractivity contribution is 5.72. The van der Waals surface area contributed by atoms with Crippen LogP contribution in [0.4, 0.5) is 27.9 Å². The number of carbonyl (C=O) groups excluding carboxylic acids is 1. The summed E-state index contributed by atoms with van der Waals surface area (Å²) >= 11 is 0. The molecule has 1 aromatic heterocycles. The third-order valence-corrected chi connectivity index (χ3v) is 7.56. The van der Waals surface area contributed by atoms with Gasteiger partial charge in [-0.1, -0.05) is 0 Å². The maximum Gasteiger partial charge on any atom is 0.314 e. The van der Waals surface area contributed by atoms with Gasteiger partial charge in [0.15, 0.2) is 0 Å². The first-order valence-corrected chi connectivity index (χ1v) is 12.7. The number of amides is 2. The SMILES string of the molecule is CN1CCN(C2CCN(c3ccc(Nc4nccc(N5CCN(C(N)=O)CC5)n4)cc3)CC2)CC1. The van der Waals surface area contributed by atoms with Crippen molar-refractivity contribution in [3.05, 3.63) is 36.5 Å². The number of nitrogens with zero attached hydrogens (tertiary/aromatic N) is 7. The number of hydrogen-bond acceptors (Lipinski definition) is 8. The Morgan fingerprint density at radius 3 is 2.23 bits per heavy atom. The van der Waals surface area contributed by atoms with Crippen molar-refractivity contribution in [2.24, 2.45) is 5.73 Å². The van der Waals surface area contributed by atoms with E-state index in [2.05, 4.69) is 66.2 Å². The van der Waals surface area contributed by atoms with Crippen LogP contribution in [0.1, 0.15) is 12.8 Å². The molecule has 10 nitrogen and oxygen atoms in total. The molecule has 0 unspecified atom stereocenters. The Morgan fingerprint density at radius 2 is 1.57 bits per heavy atom. The molecule has 1 aromatic carbocycles. The normalized spacial score (nSPS) is 20.8. The van der Waals surface area contributed by atoms with Crippen LogP contribution >= 0.6 is 0 Å². The summed E-state index contributed by atoms with van der Waals surface area (Å²) in [4.78, 5) is 31.9. The Morgan fingerprint density at radius 1 is 0.886 bits per heavy atom. The Balaban J connectivity index is 1.13. The summed E-state index contributed by atoms with van der Waals surface area (Å²) < 4.78 is 0. The van der Waals surface area contributed by atoms with Crippen LogP contribution in [0.15, 0.2) is 36.5 Å². The summed E-state index contributed by atoms with van der Waals surface area (Å²) in [5.74, 6) is 1.42. The molecule has 10 heteroatoms. The number of carbonyl (C=O) groups is 1. The number of nitrogens with one attached hydrogen (secondary N) is 1. The Kier molecular flexibility index (Phi) is 7.19. The molecule has 35 heavy (non-hydrogen) atoms. The number of urea groups is 1. The minimum atomic E-state index is -0.363. The molecule has 3 aliphatic rings. The average molecular weight is 480 g/mol. The zero-order valence-electron chi connectivity index (χ0n) is 20.6. The number of hydrogen-bond donors (Lipinski definition) is 2. The highest BCUT2D eigenvalue weighted by atomic mass is 16.2. The Labute approximate surface area is 207 Å². The van der Waals surface area contributed by atoms with Crippen LogP contribution in [-0.4, -0.2) is 109 Å². The van der Waals surface area contributed by atoms with Gasteiger partial charge in [0.25, 0.3) is 0 Å². The van der Waals surface area contributed by atoms with E-state index in [1.807, 2.05) is 6.07 Å². The van der Waals surface area contributed by atoms with E-state index in [1.165, 1.54) is 44.7 Å². The molecule has 0 aliphatic carbocycles. The second kappa shape index (κ2) is 10.7. The molecular weight excluding hydrogens is 442 g/mol. The number of anilines is 4. The van der Waals surface area contributed by atoms with E-state index >= 15 is 0 Å². The van der Waals surface area contributed by atoms with Gasteiger partial charge in [-0.25, -0.2) is 9.78 Å². The lowest BCUT2D eigenvalue weighted by Crippen LogP contribution is -2.52. The standard InChI is InChI=1S/C25H37N9O/c1-30-12-14-32(15-13-30)22-7-10-31(11-8-22)21-4-2-20(3-5-21)28-25-27-9-6-23(29-25)33-16-18-34(19-17-33)24(26)35/h2-6,9,22H,7-8,10-19H2,1H3,(H2,26,35)(H,27,28,29). The highest BCUT2D eigenvalue weighted by Gasteiger charge is 2.26. The molecule has 5 rings (SSSR count). The van der Waals surface area contributed by atoms with E-state index in [-0.39, 0.29) is 6.03 Å². The van der Waals surface area contributed by atoms with Gasteiger partial charge >= 0.3 is 6.03 Å². The zero-order chi connectivity index (χ0) is 24.2. The molecule has 0 spiro atoms. The Bertz CT molecular complexity index is 977. The van der Waals surface area contributed by atoms with E-state index in [0.29, 0.717) is 32.1 Å². The molecule has 3 aliphatic heterocycles. The molecule has 4 heterocycles. The summed E-state index contributed by atoms with van der Waals surface area (Å²) in [5, 5.41) is 3.33. The van der Waals surface area contributed by atoms with Gasteiger partial charge in [0.05, 0.1) is 0 Å². The number of benzene rings is 1. The summed E-state index contributed by atoms with van der Waals surface area (Å²) in [6, 6.07) is 10.8. The topological polar surface area (TPSA) is 97.1 Å². The fraction of sp³-hybridized carbons (Fsp3) is 0.560. The van der Waals surface area contributed by atoms with Gasteiger partial charge in [-0.15, -0.1) is 0 Å². The van der Waals surface area contributed by atoms with E-state index < -0.39 is 0 Å². The lowest BCUT2D eigenvalue weighted by Gasteiger charge is -2.42. The van der Waals surface area contributed by atoms with Gasteiger partial charge < -0.3 is 30.7 Å². The number of aromatic nitrogens is 2. The van der Waals surface area contributed by atoms with E-state index in [9.17, 15) is 4.79 Å². The first kappa shape index (κ1) is 23.6. The first-order valence-electron chi connectivity index (χ1n) is 12.7. The lowest BCUT2D eigenvalue weighted by molar-refractivity contribution is 0.0982. The average Bonchev–Trinajstić information content (AvgIpc) is 2.90. The zero-order valence-corrected chi connectivity index (χ0v) is 20.6. The molecular formula is C25H37N9O. The number of primary amides is 1. The van der Waals surface area contributed by atoms with Crippen LogP contribution in [0, 0.1) is 0 Å². The summed E-state index contributed by atoms with van der Waals surface area (Å²) in [6.07, 6.45) is 4.24. The second-order valence-corrected chi connectivity index (χ2v) is 9.78. The van der Waals surface area contributed by atoms with Crippen molar-refractivity contribution in [1.82, 2.24) is 24.7 Å². The predicted molar refractivity (Wildman–Crippen MR) is 139 cm³/mol. The molecule has 0 radical (unpaired) electrons. The molecule has 3 fully saturated rings. The molecule has 188 valence electrons. The molecule has 3 saturated heterocycles. The summed E-state index contributed by atoms with van der Waals surface area (Å²) in [6.45, 7) is 9.63. The van der Waals surface area contributed by atoms with Gasteiger partial charge in [-0.2, -0.15) is 4.98 Å². The van der Waals surface area contributed by atoms with Crippen molar-refractivity contribution in [2.45, 2.75) is 18.9 Å². The lowest BCUT2D eigenvalue weighted by atomic mass is 10.0. The fourth-order valence-electron chi connectivity index (χ4n) is 5.30. The molecule has 0 bridgehead atoms. The quantitative estimate of drug-likeness (QED) is 0.668. The van der Waals surface area contributed by atoms with Crippen molar-refractivity contribution >= 4 is 29.2 Å². The van der Waals surface area contributed by atoms with E-state index in [0.717, 1.165) is 30.6 Å². The number of piperazine rings is 2. The number of rotatable bonds is 5. The number of likely N-dealkylation sites (N-methyl/N-ethyl adjacent to an activating group) is 1. The summed E-state index contributed by atoms with van der Waals surface area (Å²) in [5.41, 5.74) is 7.63. The fourth-order valence-corrected chi connectivity index (χ4v) is 5.30. The van der Waals surface area contributed by atoms with Crippen molar-refractivity contribution in [3.63, 3.8) is 0 Å². The van der Waals surface area contributed by atoms with Crippen LogP contribution in [0.3, 0.4) is 0 Å². The first-order chi connectivity index (χ1) is 17.0. The van der Waals surface area contributed by atoms with Gasteiger partial charge in [-0.05, 0) is 50.2 Å². The molecule has 0 atom stereocenters. The number of nitrogens with two attached hydrogens (primary N) is 1. The maximum absolute atomic E-state index is 11.4. The number of piperidine rings is 1.